The first-order valence-corrected chi connectivity index (χ1v) is 11.1. The van der Waals surface area contributed by atoms with Crippen LogP contribution in [0.25, 0.3) is 24.3 Å². The zero-order chi connectivity index (χ0) is 23.6. The van der Waals surface area contributed by atoms with Crippen LogP contribution >= 0.6 is 15.9 Å². The predicted octanol–water partition coefficient (Wildman–Crippen LogP) is 6.94. The van der Waals surface area contributed by atoms with Crippen molar-refractivity contribution in [3.63, 3.8) is 0 Å². The Balaban J connectivity index is 1.87. The summed E-state index contributed by atoms with van der Waals surface area (Å²) in [5.41, 5.74) is 3.61. The fourth-order valence-electron chi connectivity index (χ4n) is 3.10. The van der Waals surface area contributed by atoms with Gasteiger partial charge < -0.3 is 14.2 Å². The number of ether oxygens (including phenoxy) is 3. The minimum Gasteiger partial charge on any atom is -0.497 e. The maximum absolute atomic E-state index is 12.5. The van der Waals surface area contributed by atoms with Crippen molar-refractivity contribution in [1.29, 1.82) is 0 Å². The Morgan fingerprint density at radius 3 is 1.94 bits per heavy atom. The third kappa shape index (κ3) is 6.96. The number of methoxy groups -OCH3 is 3. The van der Waals surface area contributed by atoms with Crippen LogP contribution in [0, 0.1) is 0 Å². The second-order valence-electron chi connectivity index (χ2n) is 7.06. The van der Waals surface area contributed by atoms with Crippen LogP contribution in [0.5, 0.6) is 17.2 Å². The number of ketones is 1. The van der Waals surface area contributed by atoms with Crippen LogP contribution in [0.2, 0.25) is 0 Å². The van der Waals surface area contributed by atoms with Gasteiger partial charge in [-0.1, -0.05) is 58.4 Å². The molecule has 0 aliphatic carbocycles. The van der Waals surface area contributed by atoms with Crippen LogP contribution in [-0.2, 0) is 4.79 Å². The highest BCUT2D eigenvalue weighted by Crippen LogP contribution is 2.31. The number of halogens is 1. The van der Waals surface area contributed by atoms with Crippen molar-refractivity contribution in [2.24, 2.45) is 0 Å². The topological polar surface area (TPSA) is 44.8 Å². The molecule has 0 radical (unpaired) electrons. The monoisotopic (exact) mass is 504 g/mol. The maximum Gasteiger partial charge on any atom is 0.178 e. The van der Waals surface area contributed by atoms with Gasteiger partial charge in [-0.2, -0.15) is 0 Å². The molecule has 3 rings (SSSR count). The average molecular weight is 505 g/mol. The summed E-state index contributed by atoms with van der Waals surface area (Å²) in [5.74, 6) is 1.96. The van der Waals surface area contributed by atoms with Crippen molar-refractivity contribution >= 4 is 46.0 Å². The Bertz CT molecular complexity index is 1170. The zero-order valence-electron chi connectivity index (χ0n) is 18.7. The van der Waals surface area contributed by atoms with E-state index >= 15 is 0 Å². The van der Waals surface area contributed by atoms with Gasteiger partial charge in [0.15, 0.2) is 5.78 Å². The summed E-state index contributed by atoms with van der Waals surface area (Å²) in [6, 6.07) is 19.2. The second-order valence-corrected chi connectivity index (χ2v) is 7.98. The highest BCUT2D eigenvalue weighted by molar-refractivity contribution is 9.10. The van der Waals surface area contributed by atoms with Gasteiger partial charge in [0.25, 0.3) is 0 Å². The Hall–Kier alpha value is -3.57. The number of rotatable bonds is 9. The van der Waals surface area contributed by atoms with E-state index in [1.807, 2.05) is 66.7 Å². The van der Waals surface area contributed by atoms with Gasteiger partial charge in [0.05, 0.1) is 21.3 Å². The number of carbonyl (C=O) groups excluding carboxylic acids is 1. The van der Waals surface area contributed by atoms with Gasteiger partial charge in [-0.05, 0) is 65.3 Å². The maximum atomic E-state index is 12.5. The van der Waals surface area contributed by atoms with E-state index in [-0.39, 0.29) is 5.78 Å². The lowest BCUT2D eigenvalue weighted by Crippen LogP contribution is -1.94. The fourth-order valence-corrected chi connectivity index (χ4v) is 3.36. The quantitative estimate of drug-likeness (QED) is 0.234. The summed E-state index contributed by atoms with van der Waals surface area (Å²) in [4.78, 5) is 12.5. The van der Waals surface area contributed by atoms with Crippen LogP contribution in [0.15, 0.2) is 77.3 Å². The summed E-state index contributed by atoms with van der Waals surface area (Å²) in [7, 11) is 4.84. The number of carbonyl (C=O) groups is 1. The molecule has 5 heteroatoms. The molecule has 0 N–H and O–H groups in total. The van der Waals surface area contributed by atoms with E-state index in [1.54, 1.807) is 45.6 Å². The summed E-state index contributed by atoms with van der Waals surface area (Å²) in [6.07, 6.45) is 10.6. The van der Waals surface area contributed by atoms with Gasteiger partial charge in [-0.25, -0.2) is 0 Å². The number of allylic oxidation sites excluding steroid dienone is 2. The molecule has 0 atom stereocenters. The molecule has 0 heterocycles. The lowest BCUT2D eigenvalue weighted by atomic mass is 10.0. The highest BCUT2D eigenvalue weighted by Gasteiger charge is 2.09. The third-order valence-corrected chi connectivity index (χ3v) is 5.43. The Labute approximate surface area is 202 Å². The largest absolute Gasteiger partial charge is 0.497 e. The second kappa shape index (κ2) is 11.9. The van der Waals surface area contributed by atoms with E-state index in [0.29, 0.717) is 11.5 Å². The first-order chi connectivity index (χ1) is 16.0. The molecular formula is C28H25BrO4. The molecule has 0 aliphatic rings. The molecule has 33 heavy (non-hydrogen) atoms. The van der Waals surface area contributed by atoms with Crippen molar-refractivity contribution in [3.05, 3.63) is 99.5 Å². The molecule has 0 aliphatic heterocycles. The molecule has 3 aromatic carbocycles. The normalized spacial score (nSPS) is 11.4. The third-order valence-electron chi connectivity index (χ3n) is 4.90. The van der Waals surface area contributed by atoms with Gasteiger partial charge >= 0.3 is 0 Å². The van der Waals surface area contributed by atoms with E-state index in [4.69, 9.17) is 14.2 Å². The van der Waals surface area contributed by atoms with E-state index in [9.17, 15) is 4.79 Å². The average Bonchev–Trinajstić information content (AvgIpc) is 2.85. The van der Waals surface area contributed by atoms with Crippen LogP contribution in [0.3, 0.4) is 0 Å². The van der Waals surface area contributed by atoms with Crippen molar-refractivity contribution in [1.82, 2.24) is 0 Å². The van der Waals surface area contributed by atoms with Gasteiger partial charge in [0.1, 0.15) is 17.2 Å². The van der Waals surface area contributed by atoms with Gasteiger partial charge in [0.2, 0.25) is 0 Å². The van der Waals surface area contributed by atoms with Gasteiger partial charge in [-0.15, -0.1) is 0 Å². The fraction of sp³-hybridized carbons (Fsp3) is 0.107. The van der Waals surface area contributed by atoms with E-state index in [0.717, 1.165) is 32.5 Å². The minimum absolute atomic E-state index is 0.124. The summed E-state index contributed by atoms with van der Waals surface area (Å²) in [5, 5.41) is 0. The van der Waals surface area contributed by atoms with Gasteiger partial charge in [0, 0.05) is 16.1 Å². The molecule has 168 valence electrons. The van der Waals surface area contributed by atoms with Crippen molar-refractivity contribution in [3.8, 4) is 17.2 Å². The molecule has 3 aromatic rings. The Kier molecular flexibility index (Phi) is 8.67. The molecule has 0 fully saturated rings. The first kappa shape index (κ1) is 24.1. The van der Waals surface area contributed by atoms with E-state index in [1.165, 1.54) is 6.08 Å². The molecule has 0 saturated heterocycles. The SMILES string of the molecule is COc1ccc(/C=C/c2cc(OC)cc(OC)c2/C=C/C(=O)/C=C/c2ccc(Br)cc2)cc1. The number of hydrogen-bond donors (Lipinski definition) is 0. The number of benzene rings is 3. The van der Waals surface area contributed by atoms with Crippen molar-refractivity contribution < 1.29 is 19.0 Å². The van der Waals surface area contributed by atoms with E-state index in [2.05, 4.69) is 15.9 Å². The Morgan fingerprint density at radius 1 is 0.697 bits per heavy atom. The van der Waals surface area contributed by atoms with Gasteiger partial charge in [-0.3, -0.25) is 4.79 Å². The highest BCUT2D eigenvalue weighted by atomic mass is 79.9. The molecule has 0 unspecified atom stereocenters. The smallest absolute Gasteiger partial charge is 0.178 e. The van der Waals surface area contributed by atoms with Crippen LogP contribution < -0.4 is 14.2 Å². The van der Waals surface area contributed by atoms with Crippen LogP contribution in [0.1, 0.15) is 22.3 Å². The molecule has 0 bridgehead atoms. The standard InChI is InChI=1S/C28H25BrO4/c1-31-25-15-8-20(9-16-25)4-10-22-18-26(32-2)19-28(33-3)27(22)17-14-24(30)13-7-21-5-11-23(29)12-6-21/h4-19H,1-3H3/b10-4+,13-7+,17-14+. The van der Waals surface area contributed by atoms with Crippen LogP contribution in [0.4, 0.5) is 0 Å². The molecule has 4 nitrogen and oxygen atoms in total. The minimum atomic E-state index is -0.124. The van der Waals surface area contributed by atoms with E-state index < -0.39 is 0 Å². The molecule has 0 aromatic heterocycles. The van der Waals surface area contributed by atoms with Crippen LogP contribution in [-0.4, -0.2) is 27.1 Å². The lowest BCUT2D eigenvalue weighted by Gasteiger charge is -2.11. The first-order valence-electron chi connectivity index (χ1n) is 10.3. The molecule has 0 saturated carbocycles. The summed E-state index contributed by atoms with van der Waals surface area (Å²) >= 11 is 3.41. The zero-order valence-corrected chi connectivity index (χ0v) is 20.3. The lowest BCUT2D eigenvalue weighted by molar-refractivity contribution is -0.110. The molecule has 0 amide bonds. The molecule has 0 spiro atoms. The predicted molar refractivity (Wildman–Crippen MR) is 139 cm³/mol. The number of hydrogen-bond acceptors (Lipinski definition) is 4. The van der Waals surface area contributed by atoms with Crippen molar-refractivity contribution in [2.75, 3.05) is 21.3 Å². The summed E-state index contributed by atoms with van der Waals surface area (Å²) in [6.45, 7) is 0. The summed E-state index contributed by atoms with van der Waals surface area (Å²) < 4.78 is 17.2. The molecular weight excluding hydrogens is 480 g/mol. The van der Waals surface area contributed by atoms with Crippen molar-refractivity contribution in [2.45, 2.75) is 0 Å². The Morgan fingerprint density at radius 2 is 1.30 bits per heavy atom.